The number of aliphatic hydroxyl groups is 1. The molecule has 1 atom stereocenters. The van der Waals surface area contributed by atoms with Crippen LogP contribution >= 0.6 is 0 Å². The van der Waals surface area contributed by atoms with Gasteiger partial charge in [-0.1, -0.05) is 36.4 Å². The highest BCUT2D eigenvalue weighted by Gasteiger charge is 2.19. The van der Waals surface area contributed by atoms with Gasteiger partial charge in [0.25, 0.3) is 5.56 Å². The number of hydrogen-bond acceptors (Lipinski definition) is 3. The van der Waals surface area contributed by atoms with E-state index in [1.54, 1.807) is 6.07 Å². The van der Waals surface area contributed by atoms with E-state index in [4.69, 9.17) is 0 Å². The molecule has 0 bridgehead atoms. The fourth-order valence-corrected chi connectivity index (χ4v) is 2.43. The average Bonchev–Trinajstić information content (AvgIpc) is 2.57. The SMILES string of the molecule is O=c1ccc(-c2ccccc2)nn1CC(O)c1c(F)cccc1F. The van der Waals surface area contributed by atoms with Crippen LogP contribution in [0.4, 0.5) is 8.78 Å². The summed E-state index contributed by atoms with van der Waals surface area (Å²) in [6, 6.07) is 15.3. The van der Waals surface area contributed by atoms with Gasteiger partial charge in [0.05, 0.1) is 17.8 Å². The van der Waals surface area contributed by atoms with Crippen LogP contribution in [-0.2, 0) is 6.54 Å². The van der Waals surface area contributed by atoms with E-state index in [0.717, 1.165) is 22.4 Å². The van der Waals surface area contributed by atoms with E-state index in [1.807, 2.05) is 30.3 Å². The van der Waals surface area contributed by atoms with E-state index in [-0.39, 0.29) is 6.54 Å². The Morgan fingerprint density at radius 3 is 2.29 bits per heavy atom. The lowest BCUT2D eigenvalue weighted by molar-refractivity contribution is 0.140. The van der Waals surface area contributed by atoms with E-state index in [2.05, 4.69) is 5.10 Å². The topological polar surface area (TPSA) is 55.1 Å². The lowest BCUT2D eigenvalue weighted by atomic mass is 10.1. The van der Waals surface area contributed by atoms with Crippen molar-refractivity contribution in [1.29, 1.82) is 0 Å². The smallest absolute Gasteiger partial charge is 0.266 e. The quantitative estimate of drug-likeness (QED) is 0.801. The zero-order chi connectivity index (χ0) is 17.1. The number of hydrogen-bond donors (Lipinski definition) is 1. The highest BCUT2D eigenvalue weighted by Crippen LogP contribution is 2.22. The summed E-state index contributed by atoms with van der Waals surface area (Å²) < 4.78 is 28.5. The molecule has 6 heteroatoms. The summed E-state index contributed by atoms with van der Waals surface area (Å²) in [5.41, 5.74) is 0.371. The highest BCUT2D eigenvalue weighted by atomic mass is 19.1. The van der Waals surface area contributed by atoms with Crippen molar-refractivity contribution in [1.82, 2.24) is 9.78 Å². The third-order valence-corrected chi connectivity index (χ3v) is 3.61. The second-order valence-electron chi connectivity index (χ2n) is 5.26. The first-order valence-corrected chi connectivity index (χ1v) is 7.32. The molecule has 1 unspecified atom stereocenters. The molecule has 1 N–H and O–H groups in total. The van der Waals surface area contributed by atoms with E-state index in [1.165, 1.54) is 12.1 Å². The maximum Gasteiger partial charge on any atom is 0.266 e. The lowest BCUT2D eigenvalue weighted by Crippen LogP contribution is -2.26. The first kappa shape index (κ1) is 16.0. The van der Waals surface area contributed by atoms with Crippen LogP contribution in [0.15, 0.2) is 65.5 Å². The van der Waals surface area contributed by atoms with Gasteiger partial charge in [-0.15, -0.1) is 0 Å². The maximum absolute atomic E-state index is 13.7. The van der Waals surface area contributed by atoms with Gasteiger partial charge in [-0.2, -0.15) is 5.10 Å². The summed E-state index contributed by atoms with van der Waals surface area (Å²) in [7, 11) is 0. The Balaban J connectivity index is 1.94. The van der Waals surface area contributed by atoms with E-state index in [9.17, 15) is 18.7 Å². The predicted octanol–water partition coefficient (Wildman–Crippen LogP) is 2.92. The van der Waals surface area contributed by atoms with Gasteiger partial charge in [-0.3, -0.25) is 4.79 Å². The molecule has 0 aliphatic heterocycles. The van der Waals surface area contributed by atoms with Crippen molar-refractivity contribution in [3.8, 4) is 11.3 Å². The summed E-state index contributed by atoms with van der Waals surface area (Å²) in [6.07, 6.45) is -1.53. The molecule has 0 saturated carbocycles. The Hall–Kier alpha value is -2.86. The number of rotatable bonds is 4. The molecule has 1 aromatic heterocycles. The molecule has 24 heavy (non-hydrogen) atoms. The lowest BCUT2D eigenvalue weighted by Gasteiger charge is -2.14. The van der Waals surface area contributed by atoms with E-state index < -0.39 is 28.9 Å². The van der Waals surface area contributed by atoms with Gasteiger partial charge in [0.15, 0.2) is 0 Å². The largest absolute Gasteiger partial charge is 0.386 e. The summed E-state index contributed by atoms with van der Waals surface area (Å²) in [5, 5.41) is 14.3. The molecular weight excluding hydrogens is 314 g/mol. The minimum Gasteiger partial charge on any atom is -0.386 e. The van der Waals surface area contributed by atoms with Crippen LogP contribution in [-0.4, -0.2) is 14.9 Å². The summed E-state index contributed by atoms with van der Waals surface area (Å²) in [5.74, 6) is -1.73. The molecule has 1 heterocycles. The fourth-order valence-electron chi connectivity index (χ4n) is 2.43. The van der Waals surface area contributed by atoms with Crippen LogP contribution in [0.5, 0.6) is 0 Å². The van der Waals surface area contributed by atoms with Crippen molar-refractivity contribution in [3.63, 3.8) is 0 Å². The van der Waals surface area contributed by atoms with Crippen molar-refractivity contribution in [2.24, 2.45) is 0 Å². The van der Waals surface area contributed by atoms with Gasteiger partial charge in [-0.25, -0.2) is 13.5 Å². The number of halogens is 2. The van der Waals surface area contributed by atoms with Gasteiger partial charge in [0, 0.05) is 11.6 Å². The molecule has 0 spiro atoms. The summed E-state index contributed by atoms with van der Waals surface area (Å²) >= 11 is 0. The normalized spacial score (nSPS) is 12.1. The molecule has 0 radical (unpaired) electrons. The third kappa shape index (κ3) is 3.23. The standard InChI is InChI=1S/C18H14F2N2O2/c19-13-7-4-8-14(20)18(13)16(23)11-22-17(24)10-9-15(21-22)12-5-2-1-3-6-12/h1-10,16,23H,11H2. The molecule has 0 aliphatic rings. The Kier molecular flexibility index (Phi) is 4.48. The fraction of sp³-hybridized carbons (Fsp3) is 0.111. The van der Waals surface area contributed by atoms with Crippen molar-refractivity contribution in [3.05, 3.63) is 88.2 Å². The molecule has 4 nitrogen and oxygen atoms in total. The molecular formula is C18H14F2N2O2. The average molecular weight is 328 g/mol. The zero-order valence-electron chi connectivity index (χ0n) is 12.6. The predicted molar refractivity (Wildman–Crippen MR) is 85.3 cm³/mol. The minimum absolute atomic E-state index is 0.350. The minimum atomic E-state index is -1.53. The Morgan fingerprint density at radius 2 is 1.62 bits per heavy atom. The third-order valence-electron chi connectivity index (χ3n) is 3.61. The number of aliphatic hydroxyl groups excluding tert-OH is 1. The van der Waals surface area contributed by atoms with Crippen LogP contribution in [0.25, 0.3) is 11.3 Å². The van der Waals surface area contributed by atoms with Crippen LogP contribution in [0.1, 0.15) is 11.7 Å². The van der Waals surface area contributed by atoms with Crippen molar-refractivity contribution < 1.29 is 13.9 Å². The van der Waals surface area contributed by atoms with E-state index >= 15 is 0 Å². The van der Waals surface area contributed by atoms with Crippen LogP contribution in [0.2, 0.25) is 0 Å². The van der Waals surface area contributed by atoms with Gasteiger partial charge in [0.2, 0.25) is 0 Å². The first-order chi connectivity index (χ1) is 11.6. The summed E-state index contributed by atoms with van der Waals surface area (Å²) in [4.78, 5) is 11.9. The molecule has 0 fully saturated rings. The molecule has 0 saturated heterocycles. The van der Waals surface area contributed by atoms with Crippen molar-refractivity contribution in [2.75, 3.05) is 0 Å². The molecule has 122 valence electrons. The number of aromatic nitrogens is 2. The summed E-state index contributed by atoms with van der Waals surface area (Å²) in [6.45, 7) is -0.350. The van der Waals surface area contributed by atoms with Crippen LogP contribution < -0.4 is 5.56 Å². The molecule has 0 amide bonds. The maximum atomic E-state index is 13.7. The molecule has 2 aromatic carbocycles. The zero-order valence-corrected chi connectivity index (χ0v) is 12.6. The van der Waals surface area contributed by atoms with Crippen LogP contribution in [0, 0.1) is 11.6 Å². The number of benzene rings is 2. The Morgan fingerprint density at radius 1 is 0.958 bits per heavy atom. The second-order valence-corrected chi connectivity index (χ2v) is 5.26. The second kappa shape index (κ2) is 6.72. The molecule has 3 aromatic rings. The Labute approximate surface area is 136 Å². The van der Waals surface area contributed by atoms with Gasteiger partial charge >= 0.3 is 0 Å². The monoisotopic (exact) mass is 328 g/mol. The number of nitrogens with zero attached hydrogens (tertiary/aromatic N) is 2. The van der Waals surface area contributed by atoms with Crippen molar-refractivity contribution in [2.45, 2.75) is 12.6 Å². The first-order valence-electron chi connectivity index (χ1n) is 7.32. The van der Waals surface area contributed by atoms with Gasteiger partial charge in [0.1, 0.15) is 17.7 Å². The van der Waals surface area contributed by atoms with Crippen LogP contribution in [0.3, 0.4) is 0 Å². The van der Waals surface area contributed by atoms with E-state index in [0.29, 0.717) is 5.69 Å². The molecule has 3 rings (SSSR count). The molecule has 0 aliphatic carbocycles. The van der Waals surface area contributed by atoms with Gasteiger partial charge < -0.3 is 5.11 Å². The Bertz CT molecular complexity index is 890. The van der Waals surface area contributed by atoms with Crippen molar-refractivity contribution >= 4 is 0 Å². The van der Waals surface area contributed by atoms with Gasteiger partial charge in [-0.05, 0) is 18.2 Å². The highest BCUT2D eigenvalue weighted by molar-refractivity contribution is 5.57.